The zero-order valence-corrected chi connectivity index (χ0v) is 16.1. The Morgan fingerprint density at radius 2 is 1.82 bits per heavy atom. The highest BCUT2D eigenvalue weighted by atomic mass is 16.6. The van der Waals surface area contributed by atoms with Crippen LogP contribution in [0.4, 0.5) is 4.79 Å². The predicted molar refractivity (Wildman–Crippen MR) is 98.7 cm³/mol. The van der Waals surface area contributed by atoms with E-state index in [9.17, 15) is 19.2 Å². The van der Waals surface area contributed by atoms with Gasteiger partial charge in [0, 0.05) is 11.6 Å². The van der Waals surface area contributed by atoms with Crippen LogP contribution in [0.1, 0.15) is 53.3 Å². The predicted octanol–water partition coefficient (Wildman–Crippen LogP) is 1.83. The fourth-order valence-electron chi connectivity index (χ4n) is 3.03. The molecule has 2 N–H and O–H groups in total. The molecule has 0 unspecified atom stereocenters. The average Bonchev–Trinajstić information content (AvgIpc) is 3.18. The minimum absolute atomic E-state index is 0.0173. The molecule has 0 aliphatic heterocycles. The van der Waals surface area contributed by atoms with Gasteiger partial charge in [0.05, 0.1) is 14.2 Å². The van der Waals surface area contributed by atoms with E-state index in [0.29, 0.717) is 6.29 Å². The quantitative estimate of drug-likeness (QED) is 0.536. The number of ether oxygens (including phenoxy) is 3. The van der Waals surface area contributed by atoms with Gasteiger partial charge in [0.25, 0.3) is 5.91 Å². The zero-order valence-electron chi connectivity index (χ0n) is 16.1. The summed E-state index contributed by atoms with van der Waals surface area (Å²) in [7, 11) is 2.69. The number of hydrogen-bond donors (Lipinski definition) is 2. The molecule has 1 fully saturated rings. The topological polar surface area (TPSA) is 120 Å². The van der Waals surface area contributed by atoms with Crippen molar-refractivity contribution in [1.29, 1.82) is 0 Å². The minimum atomic E-state index is -1.27. The Bertz CT molecular complexity index is 757. The fourth-order valence-corrected chi connectivity index (χ4v) is 3.03. The number of aldehydes is 1. The molecule has 1 saturated carbocycles. The Hall–Kier alpha value is -3.10. The van der Waals surface area contributed by atoms with E-state index < -0.39 is 24.0 Å². The maximum absolute atomic E-state index is 12.6. The first kappa shape index (κ1) is 21.2. The molecule has 2 rings (SSSR count). The smallest absolute Gasteiger partial charge is 0.343 e. The van der Waals surface area contributed by atoms with Gasteiger partial charge in [-0.2, -0.15) is 0 Å². The molecule has 0 bridgehead atoms. The van der Waals surface area contributed by atoms with Gasteiger partial charge >= 0.3 is 12.0 Å². The first-order valence-corrected chi connectivity index (χ1v) is 8.93. The second-order valence-corrected chi connectivity index (χ2v) is 6.37. The van der Waals surface area contributed by atoms with Crippen molar-refractivity contribution in [3.63, 3.8) is 0 Å². The van der Waals surface area contributed by atoms with Crippen molar-refractivity contribution in [2.45, 2.75) is 44.8 Å². The van der Waals surface area contributed by atoms with Gasteiger partial charge in [-0.25, -0.2) is 9.59 Å². The third kappa shape index (κ3) is 4.99. The van der Waals surface area contributed by atoms with E-state index in [1.165, 1.54) is 33.3 Å². The summed E-state index contributed by atoms with van der Waals surface area (Å²) in [6.45, 7) is 1.32. The molecule has 0 radical (unpaired) electrons. The lowest BCUT2D eigenvalue weighted by Crippen LogP contribution is -2.47. The molecule has 0 spiro atoms. The summed E-state index contributed by atoms with van der Waals surface area (Å²) in [6, 6.07) is 2.27. The molecule has 1 aliphatic carbocycles. The number of benzene rings is 1. The van der Waals surface area contributed by atoms with Crippen LogP contribution in [-0.4, -0.2) is 50.6 Å². The summed E-state index contributed by atoms with van der Waals surface area (Å²) in [4.78, 5) is 47.9. The number of nitrogens with one attached hydrogen (secondary N) is 2. The lowest BCUT2D eigenvalue weighted by molar-refractivity contribution is -0.127. The molecule has 0 aromatic heterocycles. The number of carbonyl (C=O) groups excluding carboxylic acids is 4. The fraction of sp³-hybridized carbons (Fsp3) is 0.474. The van der Waals surface area contributed by atoms with Crippen LogP contribution in [-0.2, 0) is 9.53 Å². The summed E-state index contributed by atoms with van der Waals surface area (Å²) in [5.74, 6) is -1.48. The summed E-state index contributed by atoms with van der Waals surface area (Å²) in [5.41, 5.74) is -0.138. The lowest BCUT2D eigenvalue weighted by Gasteiger charge is -2.17. The zero-order chi connectivity index (χ0) is 20.7. The van der Waals surface area contributed by atoms with E-state index in [0.717, 1.165) is 25.7 Å². The molecule has 9 nitrogen and oxygen atoms in total. The monoisotopic (exact) mass is 392 g/mol. The number of methoxy groups -OCH3 is 2. The van der Waals surface area contributed by atoms with Gasteiger partial charge in [0.2, 0.25) is 0 Å². The van der Waals surface area contributed by atoms with E-state index in [1.54, 1.807) is 0 Å². The van der Waals surface area contributed by atoms with Gasteiger partial charge < -0.3 is 19.5 Å². The molecule has 152 valence electrons. The normalized spacial score (nSPS) is 14.7. The largest absolute Gasteiger partial charge is 0.493 e. The average molecular weight is 392 g/mol. The van der Waals surface area contributed by atoms with Crippen molar-refractivity contribution in [2.75, 3.05) is 14.2 Å². The molecule has 1 aromatic rings. The van der Waals surface area contributed by atoms with Crippen molar-refractivity contribution in [3.05, 3.63) is 23.3 Å². The SMILES string of the molecule is COc1ccc(C=O)c(C(=O)O[C@@H](C)C(=O)NC(=O)NC2CCCC2)c1OC. The molecule has 9 heteroatoms. The molecule has 1 atom stereocenters. The Morgan fingerprint density at radius 1 is 1.14 bits per heavy atom. The van der Waals surface area contributed by atoms with E-state index in [-0.39, 0.29) is 28.7 Å². The number of imide groups is 1. The van der Waals surface area contributed by atoms with Crippen LogP contribution in [0.5, 0.6) is 11.5 Å². The van der Waals surface area contributed by atoms with E-state index in [4.69, 9.17) is 14.2 Å². The van der Waals surface area contributed by atoms with Crippen LogP contribution >= 0.6 is 0 Å². The third-order valence-electron chi connectivity index (χ3n) is 4.49. The van der Waals surface area contributed by atoms with Crippen molar-refractivity contribution >= 4 is 24.2 Å². The Balaban J connectivity index is 2.05. The number of esters is 1. The third-order valence-corrected chi connectivity index (χ3v) is 4.49. The van der Waals surface area contributed by atoms with Crippen molar-refractivity contribution < 1.29 is 33.4 Å². The molecular formula is C19H24N2O7. The van der Waals surface area contributed by atoms with Gasteiger partial charge in [0.15, 0.2) is 23.9 Å². The van der Waals surface area contributed by atoms with Crippen LogP contribution in [0.2, 0.25) is 0 Å². The maximum atomic E-state index is 12.6. The van der Waals surface area contributed by atoms with Crippen LogP contribution in [0.15, 0.2) is 12.1 Å². The maximum Gasteiger partial charge on any atom is 0.343 e. The van der Waals surface area contributed by atoms with Crippen LogP contribution < -0.4 is 20.1 Å². The van der Waals surface area contributed by atoms with Gasteiger partial charge in [0.1, 0.15) is 5.56 Å². The number of amides is 3. The molecular weight excluding hydrogens is 368 g/mol. The molecule has 1 aromatic carbocycles. The molecule has 0 heterocycles. The summed E-state index contributed by atoms with van der Waals surface area (Å²) in [6.07, 6.45) is 3.02. The van der Waals surface area contributed by atoms with Crippen molar-refractivity contribution in [3.8, 4) is 11.5 Å². The van der Waals surface area contributed by atoms with Crippen LogP contribution in [0, 0.1) is 0 Å². The highest BCUT2D eigenvalue weighted by molar-refractivity contribution is 6.03. The molecule has 3 amide bonds. The summed E-state index contributed by atoms with van der Waals surface area (Å²) < 4.78 is 15.4. The minimum Gasteiger partial charge on any atom is -0.493 e. The molecule has 28 heavy (non-hydrogen) atoms. The second-order valence-electron chi connectivity index (χ2n) is 6.37. The molecule has 1 aliphatic rings. The summed E-state index contributed by atoms with van der Waals surface area (Å²) >= 11 is 0. The number of carbonyl (C=O) groups is 4. The highest BCUT2D eigenvalue weighted by Crippen LogP contribution is 2.33. The second kappa shape index (κ2) is 9.72. The van der Waals surface area contributed by atoms with Gasteiger partial charge in [-0.3, -0.25) is 14.9 Å². The van der Waals surface area contributed by atoms with Crippen LogP contribution in [0.3, 0.4) is 0 Å². The summed E-state index contributed by atoms with van der Waals surface area (Å²) in [5, 5.41) is 4.86. The number of rotatable bonds is 7. The van der Waals surface area contributed by atoms with Crippen molar-refractivity contribution in [2.24, 2.45) is 0 Å². The first-order valence-electron chi connectivity index (χ1n) is 8.93. The van der Waals surface area contributed by atoms with Crippen LogP contribution in [0.25, 0.3) is 0 Å². The first-order chi connectivity index (χ1) is 13.4. The standard InChI is InChI=1S/C19H24N2O7/c1-11(17(23)21-19(25)20-13-6-4-5-7-13)28-18(24)15-12(10-22)8-9-14(26-2)16(15)27-3/h8-11,13H,4-7H2,1-3H3,(H2,20,21,23,25)/t11-/m0/s1. The lowest BCUT2D eigenvalue weighted by atomic mass is 10.1. The van der Waals surface area contributed by atoms with Gasteiger partial charge in [-0.15, -0.1) is 0 Å². The highest BCUT2D eigenvalue weighted by Gasteiger charge is 2.27. The Kier molecular flexibility index (Phi) is 7.36. The number of urea groups is 1. The van der Waals surface area contributed by atoms with Gasteiger partial charge in [-0.1, -0.05) is 12.8 Å². The van der Waals surface area contributed by atoms with E-state index in [1.807, 2.05) is 0 Å². The number of hydrogen-bond acceptors (Lipinski definition) is 7. The van der Waals surface area contributed by atoms with E-state index >= 15 is 0 Å². The van der Waals surface area contributed by atoms with Gasteiger partial charge in [-0.05, 0) is 31.9 Å². The van der Waals surface area contributed by atoms with Crippen molar-refractivity contribution in [1.82, 2.24) is 10.6 Å². The Labute approximate surface area is 162 Å². The Morgan fingerprint density at radius 3 is 2.39 bits per heavy atom. The molecule has 0 saturated heterocycles. The van der Waals surface area contributed by atoms with E-state index in [2.05, 4.69) is 10.6 Å².